The van der Waals surface area contributed by atoms with Crippen LogP contribution >= 0.6 is 0 Å². The standard InChI is InChI=1S/C15H27N3O/c1-5-7-14-10-13(12-16-6-2)11-15(17-14)18(3)8-9-19-4/h10-11,16H,5-9,12H2,1-4H3. The minimum Gasteiger partial charge on any atom is -0.383 e. The third-order valence-electron chi connectivity index (χ3n) is 3.03. The molecule has 0 aliphatic rings. The first-order valence-electron chi connectivity index (χ1n) is 7.11. The van der Waals surface area contributed by atoms with Crippen LogP contribution in [-0.2, 0) is 17.7 Å². The van der Waals surface area contributed by atoms with E-state index in [4.69, 9.17) is 9.72 Å². The van der Waals surface area contributed by atoms with Crippen molar-refractivity contribution in [2.45, 2.75) is 33.2 Å². The Morgan fingerprint density at radius 1 is 1.32 bits per heavy atom. The smallest absolute Gasteiger partial charge is 0.128 e. The van der Waals surface area contributed by atoms with Gasteiger partial charge in [-0.1, -0.05) is 20.3 Å². The molecular formula is C15H27N3O. The van der Waals surface area contributed by atoms with E-state index in [1.165, 1.54) is 11.3 Å². The number of methoxy groups -OCH3 is 1. The molecule has 1 heterocycles. The molecule has 0 aliphatic heterocycles. The van der Waals surface area contributed by atoms with Gasteiger partial charge in [0.2, 0.25) is 0 Å². The molecule has 0 amide bonds. The summed E-state index contributed by atoms with van der Waals surface area (Å²) < 4.78 is 5.13. The maximum atomic E-state index is 5.13. The molecular weight excluding hydrogens is 238 g/mol. The number of aryl methyl sites for hydroxylation is 1. The normalized spacial score (nSPS) is 10.7. The highest BCUT2D eigenvalue weighted by molar-refractivity contribution is 5.42. The van der Waals surface area contributed by atoms with E-state index in [1.807, 2.05) is 0 Å². The topological polar surface area (TPSA) is 37.4 Å². The number of pyridine rings is 1. The Hall–Kier alpha value is -1.13. The number of ether oxygens (including phenoxy) is 1. The third-order valence-corrected chi connectivity index (χ3v) is 3.03. The largest absolute Gasteiger partial charge is 0.383 e. The fourth-order valence-corrected chi connectivity index (χ4v) is 1.93. The summed E-state index contributed by atoms with van der Waals surface area (Å²) in [5.74, 6) is 1.04. The first kappa shape index (κ1) is 15.9. The van der Waals surface area contributed by atoms with Gasteiger partial charge in [-0.05, 0) is 30.7 Å². The number of nitrogens with zero attached hydrogens (tertiary/aromatic N) is 2. The van der Waals surface area contributed by atoms with E-state index < -0.39 is 0 Å². The number of anilines is 1. The molecule has 0 spiro atoms. The zero-order valence-corrected chi connectivity index (χ0v) is 12.7. The molecule has 0 radical (unpaired) electrons. The van der Waals surface area contributed by atoms with Gasteiger partial charge in [-0.2, -0.15) is 0 Å². The van der Waals surface area contributed by atoms with Crippen molar-refractivity contribution in [3.05, 3.63) is 23.4 Å². The highest BCUT2D eigenvalue weighted by Crippen LogP contribution is 2.15. The van der Waals surface area contributed by atoms with Crippen molar-refractivity contribution in [1.29, 1.82) is 0 Å². The van der Waals surface area contributed by atoms with Crippen molar-refractivity contribution in [2.24, 2.45) is 0 Å². The van der Waals surface area contributed by atoms with E-state index in [9.17, 15) is 0 Å². The SMILES string of the molecule is CCCc1cc(CNCC)cc(N(C)CCOC)n1. The molecule has 0 aromatic carbocycles. The van der Waals surface area contributed by atoms with Crippen LogP contribution in [0.5, 0.6) is 0 Å². The zero-order chi connectivity index (χ0) is 14.1. The fourth-order valence-electron chi connectivity index (χ4n) is 1.93. The van der Waals surface area contributed by atoms with Crippen LogP contribution in [0.25, 0.3) is 0 Å². The molecule has 0 unspecified atom stereocenters. The maximum Gasteiger partial charge on any atom is 0.128 e. The fraction of sp³-hybridized carbons (Fsp3) is 0.667. The molecule has 1 aromatic rings. The van der Waals surface area contributed by atoms with Gasteiger partial charge in [0, 0.05) is 32.9 Å². The minimum absolute atomic E-state index is 0.721. The van der Waals surface area contributed by atoms with Gasteiger partial charge in [0.05, 0.1) is 6.61 Å². The van der Waals surface area contributed by atoms with Crippen LogP contribution in [0.15, 0.2) is 12.1 Å². The van der Waals surface area contributed by atoms with Gasteiger partial charge >= 0.3 is 0 Å². The van der Waals surface area contributed by atoms with E-state index in [-0.39, 0.29) is 0 Å². The summed E-state index contributed by atoms with van der Waals surface area (Å²) in [4.78, 5) is 6.88. The Morgan fingerprint density at radius 3 is 2.74 bits per heavy atom. The Morgan fingerprint density at radius 2 is 2.11 bits per heavy atom. The second-order valence-corrected chi connectivity index (χ2v) is 4.77. The summed E-state index contributed by atoms with van der Waals surface area (Å²) >= 11 is 0. The highest BCUT2D eigenvalue weighted by atomic mass is 16.5. The van der Waals surface area contributed by atoms with E-state index in [1.54, 1.807) is 7.11 Å². The monoisotopic (exact) mass is 265 g/mol. The number of hydrogen-bond donors (Lipinski definition) is 1. The van der Waals surface area contributed by atoms with Crippen LogP contribution in [0.1, 0.15) is 31.5 Å². The van der Waals surface area contributed by atoms with Crippen LogP contribution in [0.2, 0.25) is 0 Å². The first-order valence-corrected chi connectivity index (χ1v) is 7.11. The van der Waals surface area contributed by atoms with Crippen LogP contribution < -0.4 is 10.2 Å². The second kappa shape index (κ2) is 8.88. The molecule has 1 N–H and O–H groups in total. The van der Waals surface area contributed by atoms with Crippen molar-refractivity contribution >= 4 is 5.82 Å². The van der Waals surface area contributed by atoms with E-state index >= 15 is 0 Å². The lowest BCUT2D eigenvalue weighted by Gasteiger charge is -2.19. The predicted molar refractivity (Wildman–Crippen MR) is 80.8 cm³/mol. The summed E-state index contributed by atoms with van der Waals surface area (Å²) in [6.45, 7) is 7.78. The van der Waals surface area contributed by atoms with Crippen LogP contribution in [0.3, 0.4) is 0 Å². The number of rotatable bonds is 9. The Kier molecular flexibility index (Phi) is 7.45. The molecule has 0 bridgehead atoms. The molecule has 1 aromatic heterocycles. The van der Waals surface area contributed by atoms with E-state index in [0.29, 0.717) is 0 Å². The number of aromatic nitrogens is 1. The van der Waals surface area contributed by atoms with Crippen molar-refractivity contribution in [2.75, 3.05) is 38.8 Å². The van der Waals surface area contributed by atoms with Gasteiger partial charge in [-0.25, -0.2) is 4.98 Å². The van der Waals surface area contributed by atoms with E-state index in [2.05, 4.69) is 43.2 Å². The number of likely N-dealkylation sites (N-methyl/N-ethyl adjacent to an activating group) is 1. The third kappa shape index (κ3) is 5.57. The van der Waals surface area contributed by atoms with Gasteiger partial charge in [-0.15, -0.1) is 0 Å². The molecule has 1 rings (SSSR count). The molecule has 0 atom stereocenters. The van der Waals surface area contributed by atoms with Crippen molar-refractivity contribution in [1.82, 2.24) is 10.3 Å². The van der Waals surface area contributed by atoms with Gasteiger partial charge in [0.15, 0.2) is 0 Å². The molecule has 0 fully saturated rings. The molecule has 0 saturated carbocycles. The molecule has 0 saturated heterocycles. The molecule has 4 nitrogen and oxygen atoms in total. The molecule has 19 heavy (non-hydrogen) atoms. The lowest BCUT2D eigenvalue weighted by Crippen LogP contribution is -2.24. The first-order chi connectivity index (χ1) is 9.21. The quantitative estimate of drug-likeness (QED) is 0.743. The van der Waals surface area contributed by atoms with Gasteiger partial charge in [0.25, 0.3) is 0 Å². The van der Waals surface area contributed by atoms with Crippen molar-refractivity contribution in [3.8, 4) is 0 Å². The average Bonchev–Trinajstić information content (AvgIpc) is 2.42. The Balaban J connectivity index is 2.84. The summed E-state index contributed by atoms with van der Waals surface area (Å²) in [5.41, 5.74) is 2.48. The second-order valence-electron chi connectivity index (χ2n) is 4.77. The highest BCUT2D eigenvalue weighted by Gasteiger charge is 2.06. The average molecular weight is 265 g/mol. The van der Waals surface area contributed by atoms with Gasteiger partial charge in [0.1, 0.15) is 5.82 Å². The maximum absolute atomic E-state index is 5.13. The lowest BCUT2D eigenvalue weighted by molar-refractivity contribution is 0.206. The predicted octanol–water partition coefficient (Wildman–Crippen LogP) is 2.23. The number of hydrogen-bond acceptors (Lipinski definition) is 4. The van der Waals surface area contributed by atoms with Crippen molar-refractivity contribution < 1.29 is 4.74 Å². The molecule has 108 valence electrons. The van der Waals surface area contributed by atoms with Gasteiger partial charge in [-0.3, -0.25) is 0 Å². The summed E-state index contributed by atoms with van der Waals surface area (Å²) in [6.07, 6.45) is 2.16. The molecule has 4 heteroatoms. The Bertz CT molecular complexity index is 368. The van der Waals surface area contributed by atoms with E-state index in [0.717, 1.165) is 44.9 Å². The van der Waals surface area contributed by atoms with Gasteiger partial charge < -0.3 is 15.0 Å². The lowest BCUT2D eigenvalue weighted by atomic mass is 10.1. The minimum atomic E-state index is 0.721. The zero-order valence-electron chi connectivity index (χ0n) is 12.7. The summed E-state index contributed by atoms with van der Waals surface area (Å²) in [6, 6.07) is 4.37. The molecule has 0 aliphatic carbocycles. The van der Waals surface area contributed by atoms with Crippen LogP contribution in [0.4, 0.5) is 5.82 Å². The number of nitrogens with one attached hydrogen (secondary N) is 1. The Labute approximate surface area is 117 Å². The van der Waals surface area contributed by atoms with Crippen molar-refractivity contribution in [3.63, 3.8) is 0 Å². The summed E-state index contributed by atoms with van der Waals surface area (Å²) in [7, 11) is 3.79. The van der Waals surface area contributed by atoms with Crippen LogP contribution in [0, 0.1) is 0 Å². The summed E-state index contributed by atoms with van der Waals surface area (Å²) in [5, 5.41) is 3.37. The van der Waals surface area contributed by atoms with Crippen LogP contribution in [-0.4, -0.2) is 38.8 Å².